The van der Waals surface area contributed by atoms with Gasteiger partial charge in [0.15, 0.2) is 0 Å². The van der Waals surface area contributed by atoms with Crippen molar-refractivity contribution in [1.29, 1.82) is 0 Å². The number of rotatable bonds is 8. The third-order valence-electron chi connectivity index (χ3n) is 6.96. The smallest absolute Gasteiger partial charge is 0.412 e. The fourth-order valence-corrected chi connectivity index (χ4v) is 5.85. The summed E-state index contributed by atoms with van der Waals surface area (Å²) in [5, 5.41) is 2.68. The molecule has 0 unspecified atom stereocenters. The summed E-state index contributed by atoms with van der Waals surface area (Å²) in [6.07, 6.45) is -0.125. The van der Waals surface area contributed by atoms with Gasteiger partial charge in [0, 0.05) is 11.6 Å². The lowest BCUT2D eigenvalue weighted by Crippen LogP contribution is -2.23. The normalized spacial score (nSPS) is 14.3. The minimum absolute atomic E-state index is 0.0666. The lowest BCUT2D eigenvalue weighted by molar-refractivity contribution is -0.146. The number of nitrogens with one attached hydrogen (secondary N) is 1. The lowest BCUT2D eigenvalue weighted by Gasteiger charge is -2.15. The van der Waals surface area contributed by atoms with Crippen LogP contribution in [0.5, 0.6) is 0 Å². The zero-order valence-corrected chi connectivity index (χ0v) is 23.4. The third kappa shape index (κ3) is 5.74. The number of ether oxygens (including phenoxy) is 2. The van der Waals surface area contributed by atoms with Gasteiger partial charge in [-0.15, -0.1) is 11.3 Å². The van der Waals surface area contributed by atoms with E-state index in [1.165, 1.54) is 24.3 Å². The minimum Gasteiger partial charge on any atom is -0.465 e. The van der Waals surface area contributed by atoms with Crippen LogP contribution in [0.3, 0.4) is 0 Å². The maximum absolute atomic E-state index is 14.1. The molecule has 1 atom stereocenters. The molecular weight excluding hydrogens is 556 g/mol. The topological polar surface area (TPSA) is 64.6 Å². The van der Waals surface area contributed by atoms with Gasteiger partial charge in [0.1, 0.15) is 17.7 Å². The molecular formula is C31H26ClF2NO4S. The number of anilines is 1. The minimum atomic E-state index is -0.934. The van der Waals surface area contributed by atoms with E-state index in [0.29, 0.717) is 16.6 Å². The second-order valence-electron chi connectivity index (χ2n) is 9.59. The molecule has 5 rings (SSSR count). The number of esters is 1. The number of hydrogen-bond acceptors (Lipinski definition) is 5. The number of thiophene rings is 1. The number of carbonyl (C=O) groups is 2. The first-order chi connectivity index (χ1) is 19.2. The third-order valence-corrected chi connectivity index (χ3v) is 8.27. The summed E-state index contributed by atoms with van der Waals surface area (Å²) in [5.74, 6) is -1.66. The molecule has 0 spiro atoms. The number of carbonyl (C=O) groups excluding carboxylic acids is 2. The zero-order valence-electron chi connectivity index (χ0n) is 21.8. The Hall–Kier alpha value is -3.75. The zero-order chi connectivity index (χ0) is 28.4. The fraction of sp³-hybridized carbons (Fsp3) is 0.226. The second kappa shape index (κ2) is 11.4. The molecule has 9 heteroatoms. The molecule has 1 N–H and O–H groups in total. The van der Waals surface area contributed by atoms with Crippen LogP contribution in [-0.4, -0.2) is 18.7 Å². The maximum Gasteiger partial charge on any atom is 0.412 e. The predicted molar refractivity (Wildman–Crippen MR) is 153 cm³/mol. The summed E-state index contributed by atoms with van der Waals surface area (Å²) in [6.45, 7) is 3.69. The first-order valence-corrected chi connectivity index (χ1v) is 14.0. The molecule has 1 fully saturated rings. The molecule has 1 heterocycles. The SMILES string of the molecule is CCOC(=O)C1(c2ccc(-c3ccc(-c4sc(Cl)cc4NC(=O)O[C@H](C)c4ccc(F)cc4F)cc3)cc2)CC1. The van der Waals surface area contributed by atoms with Gasteiger partial charge in [-0.3, -0.25) is 10.1 Å². The van der Waals surface area contributed by atoms with Crippen molar-refractivity contribution in [2.45, 2.75) is 38.2 Å². The number of benzene rings is 3. The second-order valence-corrected chi connectivity index (χ2v) is 11.3. The summed E-state index contributed by atoms with van der Waals surface area (Å²) in [4.78, 5) is 25.7. The van der Waals surface area contributed by atoms with E-state index in [9.17, 15) is 18.4 Å². The Morgan fingerprint density at radius 3 is 2.20 bits per heavy atom. The van der Waals surface area contributed by atoms with E-state index in [2.05, 4.69) is 5.32 Å². The summed E-state index contributed by atoms with van der Waals surface area (Å²) < 4.78 is 38.3. The van der Waals surface area contributed by atoms with Crippen molar-refractivity contribution < 1.29 is 27.8 Å². The predicted octanol–water partition coefficient (Wildman–Crippen LogP) is 8.92. The van der Waals surface area contributed by atoms with Crippen molar-refractivity contribution in [2.75, 3.05) is 11.9 Å². The monoisotopic (exact) mass is 581 g/mol. The molecule has 4 aromatic rings. The first-order valence-electron chi connectivity index (χ1n) is 12.8. The van der Waals surface area contributed by atoms with Gasteiger partial charge < -0.3 is 9.47 Å². The average Bonchev–Trinajstić information content (AvgIpc) is 3.66. The molecule has 1 amide bonds. The van der Waals surface area contributed by atoms with Gasteiger partial charge in [-0.05, 0) is 67.1 Å². The molecule has 206 valence electrons. The summed E-state index contributed by atoms with van der Waals surface area (Å²) in [7, 11) is 0. The van der Waals surface area contributed by atoms with Crippen molar-refractivity contribution in [1.82, 2.24) is 0 Å². The van der Waals surface area contributed by atoms with E-state index < -0.39 is 29.2 Å². The Labute approximate surface area is 239 Å². The molecule has 1 aromatic heterocycles. The van der Waals surface area contributed by atoms with Gasteiger partial charge in [-0.1, -0.05) is 60.1 Å². The Morgan fingerprint density at radius 1 is 0.975 bits per heavy atom. The molecule has 5 nitrogen and oxygen atoms in total. The highest BCUT2D eigenvalue weighted by atomic mass is 35.5. The van der Waals surface area contributed by atoms with E-state index in [-0.39, 0.29) is 11.5 Å². The van der Waals surface area contributed by atoms with Crippen molar-refractivity contribution in [3.05, 3.63) is 99.9 Å². The van der Waals surface area contributed by atoms with E-state index >= 15 is 0 Å². The molecule has 0 bridgehead atoms. The van der Waals surface area contributed by atoms with Crippen LogP contribution in [-0.2, 0) is 19.7 Å². The van der Waals surface area contributed by atoms with Crippen molar-refractivity contribution in [2.24, 2.45) is 0 Å². The Bertz CT molecular complexity index is 1550. The fourth-order valence-electron chi connectivity index (χ4n) is 4.66. The van der Waals surface area contributed by atoms with E-state index in [1.54, 1.807) is 6.07 Å². The molecule has 1 aliphatic rings. The highest BCUT2D eigenvalue weighted by molar-refractivity contribution is 7.20. The Balaban J connectivity index is 1.28. The van der Waals surface area contributed by atoms with Gasteiger partial charge in [-0.2, -0.15) is 0 Å². The van der Waals surface area contributed by atoms with Crippen LogP contribution in [0, 0.1) is 11.6 Å². The van der Waals surface area contributed by atoms with Crippen LogP contribution in [0.2, 0.25) is 4.34 Å². The molecule has 0 radical (unpaired) electrons. The highest BCUT2D eigenvalue weighted by Crippen LogP contribution is 2.49. The number of halogens is 3. The Kier molecular flexibility index (Phi) is 7.92. The van der Waals surface area contributed by atoms with Crippen molar-refractivity contribution in [3.8, 4) is 21.6 Å². The average molecular weight is 582 g/mol. The van der Waals surface area contributed by atoms with Gasteiger partial charge in [0.05, 0.1) is 26.9 Å². The van der Waals surface area contributed by atoms with Crippen LogP contribution in [0.1, 0.15) is 43.9 Å². The van der Waals surface area contributed by atoms with Crippen LogP contribution in [0.15, 0.2) is 72.8 Å². The lowest BCUT2D eigenvalue weighted by atomic mass is 9.93. The Morgan fingerprint density at radius 2 is 1.60 bits per heavy atom. The molecule has 0 aliphatic heterocycles. The standard InChI is InChI=1S/C31H26ClF2NO4S/c1-3-38-29(36)31(14-15-31)22-10-8-20(9-11-22)19-4-6-21(7-5-19)28-26(17-27(32)40-28)35-30(37)39-18(2)24-13-12-23(33)16-25(24)34/h4-13,16-18H,3,14-15H2,1-2H3,(H,35,37)/t18-/m1/s1. The quantitative estimate of drug-likeness (QED) is 0.211. The van der Waals surface area contributed by atoms with Crippen molar-refractivity contribution in [3.63, 3.8) is 0 Å². The molecule has 3 aromatic carbocycles. The van der Waals surface area contributed by atoms with Gasteiger partial charge in [-0.25, -0.2) is 13.6 Å². The molecule has 0 saturated heterocycles. The van der Waals surface area contributed by atoms with E-state index in [4.69, 9.17) is 21.1 Å². The molecule has 40 heavy (non-hydrogen) atoms. The largest absolute Gasteiger partial charge is 0.465 e. The highest BCUT2D eigenvalue weighted by Gasteiger charge is 2.52. The maximum atomic E-state index is 14.1. The van der Waals surface area contributed by atoms with Crippen LogP contribution >= 0.6 is 22.9 Å². The van der Waals surface area contributed by atoms with Crippen molar-refractivity contribution >= 4 is 40.7 Å². The van der Waals surface area contributed by atoms with Crippen LogP contribution in [0.25, 0.3) is 21.6 Å². The van der Waals surface area contributed by atoms with Gasteiger partial charge in [0.25, 0.3) is 0 Å². The number of amides is 1. The van der Waals surface area contributed by atoms with E-state index in [1.807, 2.05) is 55.5 Å². The van der Waals surface area contributed by atoms with Gasteiger partial charge >= 0.3 is 12.1 Å². The van der Waals surface area contributed by atoms with Gasteiger partial charge in [0.2, 0.25) is 0 Å². The molecule has 1 aliphatic carbocycles. The van der Waals surface area contributed by atoms with E-state index in [0.717, 1.165) is 52.1 Å². The van der Waals surface area contributed by atoms with Crippen LogP contribution in [0.4, 0.5) is 19.3 Å². The first kappa shape index (κ1) is 27.8. The molecule has 1 saturated carbocycles. The summed E-state index contributed by atoms with van der Waals surface area (Å²) >= 11 is 7.57. The number of hydrogen-bond donors (Lipinski definition) is 1. The van der Waals surface area contributed by atoms with Crippen LogP contribution < -0.4 is 5.32 Å². The summed E-state index contributed by atoms with van der Waals surface area (Å²) in [6, 6.07) is 20.5. The summed E-state index contributed by atoms with van der Waals surface area (Å²) in [5.41, 5.74) is 3.82.